The summed E-state index contributed by atoms with van der Waals surface area (Å²) in [4.78, 5) is 36.0. The van der Waals surface area contributed by atoms with E-state index in [1.165, 1.54) is 0 Å². The molecule has 0 heterocycles. The summed E-state index contributed by atoms with van der Waals surface area (Å²) in [6, 6.07) is 0. The second-order valence-electron chi connectivity index (χ2n) is 2.08. The minimum Gasteiger partial charge on any atom is -0.481 e. The van der Waals surface area contributed by atoms with Gasteiger partial charge in [-0.05, 0) is 0 Å². The van der Waals surface area contributed by atoms with E-state index in [-0.39, 0.29) is 16.8 Å². The van der Waals surface area contributed by atoms with Gasteiger partial charge in [0.1, 0.15) is 0 Å². The van der Waals surface area contributed by atoms with Gasteiger partial charge in [0.05, 0.1) is 0 Å². The fraction of sp³-hybridized carbons (Fsp3) is 0.500. The largest absolute Gasteiger partial charge is 0.481 e. The third-order valence-electron chi connectivity index (χ3n) is 0. The van der Waals surface area contributed by atoms with E-state index in [1.54, 1.807) is 0 Å². The Morgan fingerprint density at radius 2 is 0.529 bits per heavy atom. The van der Waals surface area contributed by atoms with Crippen molar-refractivity contribution in [3.8, 4) is 0 Å². The summed E-state index contributed by atoms with van der Waals surface area (Å²) < 4.78 is 0. The van der Waals surface area contributed by atoms with Crippen molar-refractivity contribution in [3.05, 3.63) is 0 Å². The Morgan fingerprint density at radius 3 is 0.529 bits per heavy atom. The zero-order chi connectivity index (χ0) is 14.3. The van der Waals surface area contributed by atoms with E-state index in [4.69, 9.17) is 39.6 Å². The fourth-order valence-electron chi connectivity index (χ4n) is 0. The van der Waals surface area contributed by atoms with Crippen molar-refractivity contribution in [2.75, 3.05) is 0 Å². The molecular formula is C8H16CoO8. The average molecular weight is 299 g/mol. The third-order valence-corrected chi connectivity index (χ3v) is 0. The average Bonchev–Trinajstić information content (AvgIpc) is 1.76. The van der Waals surface area contributed by atoms with Crippen molar-refractivity contribution in [2.24, 2.45) is 0 Å². The van der Waals surface area contributed by atoms with Crippen LogP contribution in [-0.4, -0.2) is 44.3 Å². The molecule has 9 heteroatoms. The Bertz CT molecular complexity index is 162. The number of carboxylic acids is 4. The summed E-state index contributed by atoms with van der Waals surface area (Å²) in [5.41, 5.74) is 0. The van der Waals surface area contributed by atoms with E-state index in [1.807, 2.05) is 0 Å². The van der Waals surface area contributed by atoms with Crippen LogP contribution in [0.25, 0.3) is 0 Å². The molecule has 0 saturated carbocycles. The van der Waals surface area contributed by atoms with Gasteiger partial charge in [0, 0.05) is 44.5 Å². The Hall–Kier alpha value is -1.61. The van der Waals surface area contributed by atoms with Crippen LogP contribution < -0.4 is 0 Å². The maximum atomic E-state index is 9.00. The van der Waals surface area contributed by atoms with Gasteiger partial charge in [-0.15, -0.1) is 0 Å². The van der Waals surface area contributed by atoms with E-state index in [0.29, 0.717) is 0 Å². The minimum absolute atomic E-state index is 0. The van der Waals surface area contributed by atoms with Crippen LogP contribution in [0.3, 0.4) is 0 Å². The standard InChI is InChI=1S/4C2H4O2.Co/c4*1-2(3)4;/h4*1H3,(H,3,4);. The minimum atomic E-state index is -0.833. The fourth-order valence-corrected chi connectivity index (χ4v) is 0. The number of rotatable bonds is 0. The third kappa shape index (κ3) is 848. The van der Waals surface area contributed by atoms with Crippen molar-refractivity contribution < 1.29 is 56.4 Å². The molecule has 0 aromatic carbocycles. The van der Waals surface area contributed by atoms with Crippen LogP contribution >= 0.6 is 0 Å². The number of carbonyl (C=O) groups is 4. The summed E-state index contributed by atoms with van der Waals surface area (Å²) in [5, 5.41) is 29.7. The van der Waals surface area contributed by atoms with Crippen molar-refractivity contribution >= 4 is 23.9 Å². The maximum Gasteiger partial charge on any atom is 0.300 e. The number of hydrogen-bond donors (Lipinski definition) is 4. The second-order valence-corrected chi connectivity index (χ2v) is 2.08. The van der Waals surface area contributed by atoms with Crippen LogP contribution in [-0.2, 0) is 36.0 Å². The van der Waals surface area contributed by atoms with Gasteiger partial charge in [0.2, 0.25) is 0 Å². The Labute approximate surface area is 108 Å². The molecule has 0 rings (SSSR count). The van der Waals surface area contributed by atoms with Gasteiger partial charge < -0.3 is 20.4 Å². The molecule has 0 aromatic rings. The summed E-state index contributed by atoms with van der Waals surface area (Å²) in [5.74, 6) is -3.33. The number of carboxylic acid groups (broad SMARTS) is 4. The first kappa shape index (κ1) is 29.5. The molecular weight excluding hydrogens is 283 g/mol. The van der Waals surface area contributed by atoms with Crippen LogP contribution in [0.5, 0.6) is 0 Å². The molecule has 0 aliphatic rings. The Balaban J connectivity index is -0.0000000369. The van der Waals surface area contributed by atoms with Crippen molar-refractivity contribution in [3.63, 3.8) is 0 Å². The first-order chi connectivity index (χ1) is 6.93. The summed E-state index contributed by atoms with van der Waals surface area (Å²) in [6.45, 7) is 4.33. The maximum absolute atomic E-state index is 9.00. The van der Waals surface area contributed by atoms with Crippen LogP contribution in [0.2, 0.25) is 0 Å². The van der Waals surface area contributed by atoms with Gasteiger partial charge in [0.25, 0.3) is 23.9 Å². The zero-order valence-electron chi connectivity index (χ0n) is 9.76. The molecule has 0 aliphatic heterocycles. The molecule has 8 nitrogen and oxygen atoms in total. The SMILES string of the molecule is CC(=O)O.CC(=O)O.CC(=O)O.CC(=O)O.[Co]. The Morgan fingerprint density at radius 1 is 0.529 bits per heavy atom. The quantitative estimate of drug-likeness (QED) is 0.501. The summed E-state index contributed by atoms with van der Waals surface area (Å²) >= 11 is 0. The predicted molar refractivity (Wildman–Crippen MR) is 53.2 cm³/mol. The van der Waals surface area contributed by atoms with Crippen LogP contribution in [0.15, 0.2) is 0 Å². The molecule has 17 heavy (non-hydrogen) atoms. The summed E-state index contributed by atoms with van der Waals surface area (Å²) in [7, 11) is 0. The van der Waals surface area contributed by atoms with Crippen molar-refractivity contribution in [1.29, 1.82) is 0 Å². The molecule has 0 bridgehead atoms. The topological polar surface area (TPSA) is 149 Å². The van der Waals surface area contributed by atoms with E-state index < -0.39 is 23.9 Å². The number of aliphatic carboxylic acids is 4. The first-order valence-electron chi connectivity index (χ1n) is 3.71. The molecule has 0 atom stereocenters. The molecule has 105 valence electrons. The second kappa shape index (κ2) is 23.9. The molecule has 0 unspecified atom stereocenters. The van der Waals surface area contributed by atoms with Gasteiger partial charge in [0.15, 0.2) is 0 Å². The molecule has 0 aliphatic carbocycles. The van der Waals surface area contributed by atoms with E-state index in [2.05, 4.69) is 0 Å². The van der Waals surface area contributed by atoms with Gasteiger partial charge >= 0.3 is 0 Å². The molecule has 0 spiro atoms. The number of hydrogen-bond acceptors (Lipinski definition) is 4. The van der Waals surface area contributed by atoms with Gasteiger partial charge in [-0.2, -0.15) is 0 Å². The van der Waals surface area contributed by atoms with E-state index >= 15 is 0 Å². The van der Waals surface area contributed by atoms with Crippen molar-refractivity contribution in [1.82, 2.24) is 0 Å². The van der Waals surface area contributed by atoms with Crippen molar-refractivity contribution in [2.45, 2.75) is 27.7 Å². The molecule has 1 radical (unpaired) electrons. The molecule has 0 saturated heterocycles. The van der Waals surface area contributed by atoms with Gasteiger partial charge in [-0.1, -0.05) is 0 Å². The predicted octanol–water partition coefficient (Wildman–Crippen LogP) is 0.361. The Kier molecular flexibility index (Phi) is 41.5. The zero-order valence-corrected chi connectivity index (χ0v) is 10.8. The smallest absolute Gasteiger partial charge is 0.300 e. The normalized spacial score (nSPS) is 5.88. The van der Waals surface area contributed by atoms with Crippen LogP contribution in [0, 0.1) is 0 Å². The first-order valence-corrected chi connectivity index (χ1v) is 3.71. The van der Waals surface area contributed by atoms with Crippen LogP contribution in [0.4, 0.5) is 0 Å². The molecule has 0 amide bonds. The van der Waals surface area contributed by atoms with E-state index in [0.717, 1.165) is 27.7 Å². The molecule has 0 fully saturated rings. The van der Waals surface area contributed by atoms with Crippen LogP contribution in [0.1, 0.15) is 27.7 Å². The van der Waals surface area contributed by atoms with Gasteiger partial charge in [-0.3, -0.25) is 19.2 Å². The monoisotopic (exact) mass is 299 g/mol. The summed E-state index contributed by atoms with van der Waals surface area (Å²) in [6.07, 6.45) is 0. The van der Waals surface area contributed by atoms with Gasteiger partial charge in [-0.25, -0.2) is 0 Å². The molecule has 0 aromatic heterocycles. The molecule has 4 N–H and O–H groups in total. The van der Waals surface area contributed by atoms with E-state index in [9.17, 15) is 0 Å².